The Morgan fingerprint density at radius 2 is 1.04 bits per heavy atom. The topological polar surface area (TPSA) is 195 Å². The van der Waals surface area contributed by atoms with Crippen molar-refractivity contribution in [3.63, 3.8) is 0 Å². The molecule has 0 saturated heterocycles. The van der Waals surface area contributed by atoms with Crippen LogP contribution in [0.3, 0.4) is 0 Å². The maximum absolute atomic E-state index is 15.1. The zero-order valence-electron chi connectivity index (χ0n) is 39.8. The van der Waals surface area contributed by atoms with Crippen LogP contribution in [-0.4, -0.2) is 88.6 Å². The molecule has 0 bridgehead atoms. The summed E-state index contributed by atoms with van der Waals surface area (Å²) in [5.41, 5.74) is -1.51. The predicted molar refractivity (Wildman–Crippen MR) is 250 cm³/mol. The zero-order valence-corrected chi connectivity index (χ0v) is 39.8. The average molecular weight is 915 g/mol. The van der Waals surface area contributed by atoms with Crippen LogP contribution in [-0.2, 0) is 34.1 Å². The van der Waals surface area contributed by atoms with E-state index in [1.807, 2.05) is 36.4 Å². The first kappa shape index (κ1) is 49.1. The number of benzene rings is 4. The lowest BCUT2D eigenvalue weighted by molar-refractivity contribution is -0.131. The first-order chi connectivity index (χ1) is 31.4. The summed E-state index contributed by atoms with van der Waals surface area (Å²) < 4.78 is 21.6. The number of hydrogen-bond acceptors (Lipinski definition) is 12. The summed E-state index contributed by atoms with van der Waals surface area (Å²) in [6.45, 7) is 15.5. The van der Waals surface area contributed by atoms with E-state index in [-0.39, 0.29) is 47.4 Å². The van der Waals surface area contributed by atoms with Crippen LogP contribution in [0.4, 0.5) is 9.59 Å². The number of carbonyl (C=O) groups is 6. The van der Waals surface area contributed by atoms with Crippen LogP contribution in [0, 0.1) is 0 Å². The lowest BCUT2D eigenvalue weighted by atomic mass is 9.82. The van der Waals surface area contributed by atoms with Crippen LogP contribution >= 0.6 is 0 Å². The van der Waals surface area contributed by atoms with Crippen molar-refractivity contribution in [1.82, 2.24) is 20.4 Å². The van der Waals surface area contributed by atoms with Crippen molar-refractivity contribution in [3.05, 3.63) is 142 Å². The highest BCUT2D eigenvalue weighted by Gasteiger charge is 2.46. The van der Waals surface area contributed by atoms with Crippen molar-refractivity contribution in [2.24, 2.45) is 9.98 Å². The van der Waals surface area contributed by atoms with E-state index in [0.29, 0.717) is 22.3 Å². The number of alkyl carbamates (subject to hydrolysis) is 2. The van der Waals surface area contributed by atoms with Gasteiger partial charge in [-0.3, -0.25) is 30.0 Å². The second-order valence-corrected chi connectivity index (χ2v) is 19.1. The molecule has 2 aliphatic rings. The number of rotatable bonds is 9. The minimum absolute atomic E-state index is 0.00639. The van der Waals surface area contributed by atoms with Gasteiger partial charge in [0.15, 0.2) is 0 Å². The smallest absolute Gasteiger partial charge is 0.414 e. The summed E-state index contributed by atoms with van der Waals surface area (Å²) in [7, 11) is 2.50. The summed E-state index contributed by atoms with van der Waals surface area (Å²) >= 11 is 0. The monoisotopic (exact) mass is 914 g/mol. The van der Waals surface area contributed by atoms with Crippen LogP contribution in [0.1, 0.15) is 136 Å². The van der Waals surface area contributed by atoms with Gasteiger partial charge >= 0.3 is 24.1 Å². The molecule has 16 nitrogen and oxygen atoms in total. The SMILES string of the molecule is COC(=O)c1cccc(C(c2ccccc2)N2C(=O)CC(C)(c3ccc(C(c4ccccc4)N4C(=O)CC(C)(C)N=C4NC(=O)OC(C)(C)C)cc3C(=O)OC)N=C2NC(=O)OC(C)(C)C)c1. The third-order valence-corrected chi connectivity index (χ3v) is 10.8. The number of guanidine groups is 2. The van der Waals surface area contributed by atoms with Crippen LogP contribution < -0.4 is 10.6 Å². The highest BCUT2D eigenvalue weighted by atomic mass is 16.6. The van der Waals surface area contributed by atoms with E-state index in [2.05, 4.69) is 10.6 Å². The van der Waals surface area contributed by atoms with Crippen molar-refractivity contribution >= 4 is 47.9 Å². The standard InChI is InChI=1S/C51H58N6O10/c1-48(2,3)66-46(62)52-44-54-50(7,8)29-38(58)56(44)41(32-21-16-13-17-22-32)34-25-26-37(36(28-34)43(61)65-11)51(9)30-39(59)57(45(55-51)53-47(63)67-49(4,5)6)40(31-19-14-12-15-20-31)33-23-18-24-35(27-33)42(60)64-10/h12-28,40-41H,29-30H2,1-11H3,(H,52,54,62)(H,53,55,63). The minimum atomic E-state index is -1.53. The normalized spacial score (nSPS) is 18.1. The molecular formula is C51H58N6O10. The fraction of sp³-hybridized carbons (Fsp3) is 0.373. The number of amides is 4. The molecule has 0 saturated carbocycles. The molecule has 3 atom stereocenters. The molecule has 352 valence electrons. The van der Waals surface area contributed by atoms with Gasteiger partial charge in [-0.2, -0.15) is 0 Å². The number of esters is 2. The molecule has 16 heteroatoms. The van der Waals surface area contributed by atoms with Gasteiger partial charge in [0.25, 0.3) is 0 Å². The molecule has 6 rings (SSSR count). The molecular weight excluding hydrogens is 857 g/mol. The Bertz CT molecular complexity index is 2620. The first-order valence-corrected chi connectivity index (χ1v) is 21.8. The third-order valence-electron chi connectivity index (χ3n) is 10.8. The quantitative estimate of drug-likeness (QED) is 0.122. The minimum Gasteiger partial charge on any atom is -0.465 e. The van der Waals surface area contributed by atoms with Crippen LogP contribution in [0.25, 0.3) is 0 Å². The molecule has 0 spiro atoms. The fourth-order valence-electron chi connectivity index (χ4n) is 8.12. The number of methoxy groups -OCH3 is 2. The number of ether oxygens (including phenoxy) is 4. The summed E-state index contributed by atoms with van der Waals surface area (Å²) in [6.07, 6.45) is -2.03. The predicted octanol–water partition coefficient (Wildman–Crippen LogP) is 8.36. The lowest BCUT2D eigenvalue weighted by Gasteiger charge is -2.41. The fourth-order valence-corrected chi connectivity index (χ4v) is 8.12. The zero-order chi connectivity index (χ0) is 49.1. The molecule has 0 fully saturated rings. The van der Waals surface area contributed by atoms with Gasteiger partial charge in [-0.15, -0.1) is 0 Å². The van der Waals surface area contributed by atoms with E-state index in [1.54, 1.807) is 129 Å². The number of hydrogen-bond donors (Lipinski definition) is 2. The molecule has 0 aromatic heterocycles. The molecule has 67 heavy (non-hydrogen) atoms. The van der Waals surface area contributed by atoms with Gasteiger partial charge in [0, 0.05) is 0 Å². The van der Waals surface area contributed by atoms with E-state index in [9.17, 15) is 24.0 Å². The number of nitrogens with one attached hydrogen (secondary N) is 2. The maximum Gasteiger partial charge on any atom is 0.414 e. The van der Waals surface area contributed by atoms with Gasteiger partial charge < -0.3 is 18.9 Å². The van der Waals surface area contributed by atoms with Gasteiger partial charge in [-0.25, -0.2) is 29.2 Å². The summed E-state index contributed by atoms with van der Waals surface area (Å²) in [4.78, 5) is 95.9. The molecule has 2 heterocycles. The number of carbonyl (C=O) groups excluding carboxylic acids is 6. The van der Waals surface area contributed by atoms with Gasteiger partial charge in [0.05, 0.1) is 61.3 Å². The Kier molecular flexibility index (Phi) is 14.1. The van der Waals surface area contributed by atoms with E-state index < -0.39 is 64.4 Å². The molecule has 4 aromatic carbocycles. The third kappa shape index (κ3) is 11.5. The van der Waals surface area contributed by atoms with Gasteiger partial charge in [0.1, 0.15) is 11.2 Å². The van der Waals surface area contributed by atoms with E-state index in [4.69, 9.17) is 28.9 Å². The van der Waals surface area contributed by atoms with Crippen molar-refractivity contribution in [2.75, 3.05) is 14.2 Å². The van der Waals surface area contributed by atoms with E-state index in [0.717, 1.165) is 0 Å². The Hall–Kier alpha value is -7.36. The molecule has 0 radical (unpaired) electrons. The molecule has 2 N–H and O–H groups in total. The van der Waals surface area contributed by atoms with Crippen molar-refractivity contribution in [1.29, 1.82) is 0 Å². The molecule has 4 amide bonds. The maximum atomic E-state index is 15.1. The number of aliphatic imine (C=N–C) groups is 2. The molecule has 4 aromatic rings. The lowest BCUT2D eigenvalue weighted by Crippen LogP contribution is -2.55. The van der Waals surface area contributed by atoms with Crippen molar-refractivity contribution < 1.29 is 47.7 Å². The second-order valence-electron chi connectivity index (χ2n) is 19.1. The summed E-state index contributed by atoms with van der Waals surface area (Å²) in [5, 5.41) is 5.45. The Morgan fingerprint density at radius 3 is 1.54 bits per heavy atom. The molecule has 3 unspecified atom stereocenters. The van der Waals surface area contributed by atoms with Crippen LogP contribution in [0.5, 0.6) is 0 Å². The average Bonchev–Trinajstić information content (AvgIpc) is 3.24. The van der Waals surface area contributed by atoms with Gasteiger partial charge in [-0.05, 0) is 108 Å². The van der Waals surface area contributed by atoms with E-state index in [1.165, 1.54) is 24.0 Å². The van der Waals surface area contributed by atoms with Gasteiger partial charge in [0.2, 0.25) is 23.7 Å². The number of nitrogens with zero attached hydrogens (tertiary/aromatic N) is 4. The largest absolute Gasteiger partial charge is 0.465 e. The van der Waals surface area contributed by atoms with E-state index >= 15 is 4.79 Å². The first-order valence-electron chi connectivity index (χ1n) is 21.8. The summed E-state index contributed by atoms with van der Waals surface area (Å²) in [6, 6.07) is 27.8. The summed E-state index contributed by atoms with van der Waals surface area (Å²) in [5.74, 6) is -2.46. The molecule has 0 aliphatic carbocycles. The highest BCUT2D eigenvalue weighted by Crippen LogP contribution is 2.42. The van der Waals surface area contributed by atoms with Crippen molar-refractivity contribution in [2.45, 2.75) is 110 Å². The molecule has 2 aliphatic heterocycles. The van der Waals surface area contributed by atoms with Crippen LogP contribution in [0.15, 0.2) is 113 Å². The second kappa shape index (κ2) is 19.2. The van der Waals surface area contributed by atoms with Crippen LogP contribution in [0.2, 0.25) is 0 Å². The van der Waals surface area contributed by atoms with Crippen molar-refractivity contribution in [3.8, 4) is 0 Å². The highest BCUT2D eigenvalue weighted by molar-refractivity contribution is 6.07. The Balaban J connectivity index is 1.55. The van der Waals surface area contributed by atoms with Gasteiger partial charge in [-0.1, -0.05) is 84.9 Å². The Labute approximate surface area is 390 Å². The Morgan fingerprint density at radius 1 is 0.582 bits per heavy atom.